The van der Waals surface area contributed by atoms with Crippen molar-refractivity contribution in [3.63, 3.8) is 0 Å². The molecule has 1 heterocycles. The van der Waals surface area contributed by atoms with E-state index in [0.717, 1.165) is 5.03 Å². The second-order valence-corrected chi connectivity index (χ2v) is 4.34. The van der Waals surface area contributed by atoms with Gasteiger partial charge in [0.1, 0.15) is 0 Å². The van der Waals surface area contributed by atoms with Crippen molar-refractivity contribution >= 4 is 18.2 Å². The third kappa shape index (κ3) is 1.68. The van der Waals surface area contributed by atoms with Gasteiger partial charge in [-0.25, -0.2) is 0 Å². The molecule has 0 fully saturated rings. The lowest BCUT2D eigenvalue weighted by Crippen LogP contribution is -2.17. The summed E-state index contributed by atoms with van der Waals surface area (Å²) in [7, 11) is 0. The first-order valence-corrected chi connectivity index (χ1v) is 5.26. The molecule has 2 nitrogen and oxygen atoms in total. The number of rotatable bonds is 2. The van der Waals surface area contributed by atoms with Crippen molar-refractivity contribution in [3.05, 3.63) is 46.6 Å². The highest BCUT2D eigenvalue weighted by molar-refractivity contribution is 8.04. The van der Waals surface area contributed by atoms with Crippen LogP contribution in [0.3, 0.4) is 0 Å². The molecule has 0 saturated carbocycles. The average Bonchev–Trinajstić information content (AvgIpc) is 2.18. The predicted molar refractivity (Wildman–Crippen MR) is 59.3 cm³/mol. The topological polar surface area (TPSA) is 29.1 Å². The highest BCUT2D eigenvalue weighted by Gasteiger charge is 2.20. The van der Waals surface area contributed by atoms with Gasteiger partial charge < -0.3 is 5.32 Å². The fourth-order valence-electron chi connectivity index (χ4n) is 1.55. The fraction of sp³-hybridized carbons (Fsp3) is 0.182. The van der Waals surface area contributed by atoms with Crippen molar-refractivity contribution < 1.29 is 4.79 Å². The van der Waals surface area contributed by atoms with Crippen LogP contribution in [0.2, 0.25) is 0 Å². The smallest absolute Gasteiger partial charge is 0.312 e. The van der Waals surface area contributed by atoms with Gasteiger partial charge in [-0.3, -0.25) is 4.79 Å². The zero-order chi connectivity index (χ0) is 9.97. The van der Waals surface area contributed by atoms with Crippen LogP contribution in [0.15, 0.2) is 46.6 Å². The third-order valence-corrected chi connectivity index (χ3v) is 3.35. The number of hydrogen-bond donors (Lipinski definition) is 1. The van der Waals surface area contributed by atoms with Crippen LogP contribution in [0.5, 0.6) is 0 Å². The molecule has 0 saturated heterocycles. The van der Waals surface area contributed by atoms with E-state index in [1.807, 2.05) is 18.2 Å². The summed E-state index contributed by atoms with van der Waals surface area (Å²) in [6, 6.07) is 0. The molecule has 1 N–H and O–H groups in total. The standard InChI is InChI=1S/C11H10NOS/c1-8-6-11(12-7-13)14-10-5-3-2-4-9(8)10/h2-6,10H,1H3,(H,12,13). The van der Waals surface area contributed by atoms with Crippen molar-refractivity contribution in [1.29, 1.82) is 0 Å². The van der Waals surface area contributed by atoms with Crippen LogP contribution in [-0.2, 0) is 4.79 Å². The molecule has 3 heteroatoms. The second kappa shape index (κ2) is 3.88. The Bertz CT molecular complexity index is 377. The van der Waals surface area contributed by atoms with Gasteiger partial charge >= 0.3 is 6.41 Å². The first-order valence-electron chi connectivity index (χ1n) is 4.38. The zero-order valence-electron chi connectivity index (χ0n) is 7.78. The molecule has 0 aromatic rings. The Kier molecular flexibility index (Phi) is 2.59. The summed E-state index contributed by atoms with van der Waals surface area (Å²) in [5.74, 6) is 0. The van der Waals surface area contributed by atoms with Gasteiger partial charge in [-0.05, 0) is 24.1 Å². The summed E-state index contributed by atoms with van der Waals surface area (Å²) in [5, 5.41) is 3.78. The van der Waals surface area contributed by atoms with Gasteiger partial charge in [-0.1, -0.05) is 36.1 Å². The highest BCUT2D eigenvalue weighted by Crippen LogP contribution is 2.36. The van der Waals surface area contributed by atoms with Crippen LogP contribution in [0.4, 0.5) is 0 Å². The molecular formula is C11H10NOS. The monoisotopic (exact) mass is 204 g/mol. The molecule has 1 radical (unpaired) electrons. The Morgan fingerprint density at radius 1 is 1.50 bits per heavy atom. The molecule has 2 aliphatic rings. The van der Waals surface area contributed by atoms with E-state index in [0.29, 0.717) is 5.25 Å². The molecule has 0 aromatic carbocycles. The van der Waals surface area contributed by atoms with Gasteiger partial charge in [0.05, 0.1) is 10.3 Å². The molecule has 1 aliphatic carbocycles. The molecule has 71 valence electrons. The van der Waals surface area contributed by atoms with Crippen molar-refractivity contribution in [2.75, 3.05) is 0 Å². The van der Waals surface area contributed by atoms with Crippen LogP contribution >= 0.6 is 11.8 Å². The molecular weight excluding hydrogens is 194 g/mol. The van der Waals surface area contributed by atoms with E-state index in [1.54, 1.807) is 18.2 Å². The number of thioether (sulfide) groups is 1. The summed E-state index contributed by atoms with van der Waals surface area (Å²) in [6.45, 7) is 2.05. The van der Waals surface area contributed by atoms with Crippen molar-refractivity contribution in [2.45, 2.75) is 12.2 Å². The number of carbonyl (C=O) groups excluding carboxylic acids is 1. The Balaban J connectivity index is 2.31. The lowest BCUT2D eigenvalue weighted by molar-refractivity contribution is 0.550. The van der Waals surface area contributed by atoms with E-state index >= 15 is 0 Å². The normalized spacial score (nSPS) is 24.4. The van der Waals surface area contributed by atoms with Crippen LogP contribution in [0, 0.1) is 0 Å². The number of fused-ring (bicyclic) bond motifs is 1. The Morgan fingerprint density at radius 3 is 3.14 bits per heavy atom. The van der Waals surface area contributed by atoms with Crippen molar-refractivity contribution in [3.8, 4) is 0 Å². The minimum absolute atomic E-state index is 0.334. The molecule has 1 atom stereocenters. The molecule has 1 amide bonds. The number of hydrogen-bond acceptors (Lipinski definition) is 2. The largest absolute Gasteiger partial charge is 0.314 e. The summed E-state index contributed by atoms with van der Waals surface area (Å²) in [5.41, 5.74) is 2.51. The number of allylic oxidation sites excluding steroid dienone is 5. The van der Waals surface area contributed by atoms with Crippen molar-refractivity contribution in [2.24, 2.45) is 0 Å². The quantitative estimate of drug-likeness (QED) is 0.697. The summed E-state index contributed by atoms with van der Waals surface area (Å²) < 4.78 is 0. The summed E-state index contributed by atoms with van der Waals surface area (Å²) in [4.78, 5) is 10.2. The van der Waals surface area contributed by atoms with E-state index in [9.17, 15) is 4.79 Å². The molecule has 1 unspecified atom stereocenters. The highest BCUT2D eigenvalue weighted by atomic mass is 32.2. The lowest BCUT2D eigenvalue weighted by Gasteiger charge is -2.23. The van der Waals surface area contributed by atoms with Crippen LogP contribution in [-0.4, -0.2) is 11.7 Å². The van der Waals surface area contributed by atoms with E-state index in [2.05, 4.69) is 24.4 Å². The summed E-state index contributed by atoms with van der Waals surface area (Å²) >= 11 is 1.64. The Labute approximate surface area is 87.5 Å². The SMILES string of the molecule is CC1=C2C=CC=CC2SC(N[C]=O)=C1. The average molecular weight is 204 g/mol. The van der Waals surface area contributed by atoms with Gasteiger partial charge in [0.15, 0.2) is 0 Å². The third-order valence-electron chi connectivity index (χ3n) is 2.21. The fourth-order valence-corrected chi connectivity index (χ4v) is 2.73. The first-order chi connectivity index (χ1) is 6.81. The van der Waals surface area contributed by atoms with Crippen LogP contribution in [0.1, 0.15) is 6.92 Å². The van der Waals surface area contributed by atoms with Gasteiger partial charge in [0.2, 0.25) is 0 Å². The molecule has 1 aliphatic heterocycles. The van der Waals surface area contributed by atoms with E-state index in [-0.39, 0.29) is 0 Å². The van der Waals surface area contributed by atoms with Crippen molar-refractivity contribution in [1.82, 2.24) is 5.32 Å². The molecule has 14 heavy (non-hydrogen) atoms. The van der Waals surface area contributed by atoms with Gasteiger partial charge in [-0.2, -0.15) is 0 Å². The van der Waals surface area contributed by atoms with Gasteiger partial charge in [0.25, 0.3) is 0 Å². The maximum absolute atomic E-state index is 10.2. The molecule has 0 bridgehead atoms. The predicted octanol–water partition coefficient (Wildman–Crippen LogP) is 2.04. The lowest BCUT2D eigenvalue weighted by atomic mass is 10.0. The summed E-state index contributed by atoms with van der Waals surface area (Å²) in [6.07, 6.45) is 12.0. The molecule has 2 rings (SSSR count). The second-order valence-electron chi connectivity index (χ2n) is 3.16. The van der Waals surface area contributed by atoms with E-state index < -0.39 is 0 Å². The van der Waals surface area contributed by atoms with Crippen LogP contribution in [0.25, 0.3) is 0 Å². The molecule has 0 aromatic heterocycles. The van der Waals surface area contributed by atoms with E-state index in [4.69, 9.17) is 0 Å². The Hall–Kier alpha value is -1.22. The molecule has 0 spiro atoms. The number of nitrogens with one attached hydrogen (secondary N) is 1. The zero-order valence-corrected chi connectivity index (χ0v) is 8.60. The number of amides is 1. The first kappa shape index (κ1) is 9.34. The maximum Gasteiger partial charge on any atom is 0.314 e. The minimum Gasteiger partial charge on any atom is -0.312 e. The van der Waals surface area contributed by atoms with Crippen LogP contribution < -0.4 is 5.32 Å². The van der Waals surface area contributed by atoms with Gasteiger partial charge in [0, 0.05) is 0 Å². The Morgan fingerprint density at radius 2 is 2.36 bits per heavy atom. The maximum atomic E-state index is 10.2. The minimum atomic E-state index is 0.334. The van der Waals surface area contributed by atoms with E-state index in [1.165, 1.54) is 11.1 Å². The van der Waals surface area contributed by atoms with Gasteiger partial charge in [-0.15, -0.1) is 0 Å².